The number of rotatable bonds is 46. The van der Waals surface area contributed by atoms with Crippen molar-refractivity contribution in [1.82, 2.24) is 5.32 Å². The Balaban J connectivity index is 2.23. The first-order valence-corrected chi connectivity index (χ1v) is 27.8. The molecule has 0 aromatic heterocycles. The van der Waals surface area contributed by atoms with Crippen LogP contribution in [0, 0.1) is 0 Å². The zero-order valence-corrected chi connectivity index (χ0v) is 43.3. The Hall–Kier alpha value is -2.63. The number of hydrogen-bond donors (Lipinski definition) is 6. The van der Waals surface area contributed by atoms with Crippen LogP contribution in [0.2, 0.25) is 0 Å². The summed E-state index contributed by atoms with van der Waals surface area (Å²) in [5.74, 6) is -0.158. The maximum absolute atomic E-state index is 13.1. The second kappa shape index (κ2) is 48.0. The predicted octanol–water partition coefficient (Wildman–Crippen LogP) is 13.5. The summed E-state index contributed by atoms with van der Waals surface area (Å²) in [6, 6.07) is -0.731. The molecule has 1 aliphatic rings. The highest BCUT2D eigenvalue weighted by Crippen LogP contribution is 2.23. The molecule has 7 unspecified atom stereocenters. The lowest BCUT2D eigenvalue weighted by atomic mass is 9.99. The Morgan fingerprint density at radius 3 is 1.35 bits per heavy atom. The highest BCUT2D eigenvalue weighted by molar-refractivity contribution is 5.76. The van der Waals surface area contributed by atoms with Gasteiger partial charge >= 0.3 is 0 Å². The molecule has 0 aromatic rings. The molecule has 0 radical (unpaired) electrons. The van der Waals surface area contributed by atoms with Crippen LogP contribution >= 0.6 is 0 Å². The zero-order valence-electron chi connectivity index (χ0n) is 43.3. The van der Waals surface area contributed by atoms with Crippen molar-refractivity contribution in [1.29, 1.82) is 0 Å². The average Bonchev–Trinajstić information content (AvgIpc) is 3.34. The molecule has 1 saturated heterocycles. The summed E-state index contributed by atoms with van der Waals surface area (Å²) in [6.45, 7) is 3.72. The molecule has 1 aliphatic heterocycles. The van der Waals surface area contributed by atoms with E-state index in [0.29, 0.717) is 12.8 Å². The summed E-state index contributed by atoms with van der Waals surface area (Å²) >= 11 is 0. The molecule has 0 saturated carbocycles. The normalized spacial score (nSPS) is 20.2. The Bertz CT molecular complexity index is 1340. The average molecular weight is 954 g/mol. The van der Waals surface area contributed by atoms with E-state index in [4.69, 9.17) is 9.47 Å². The molecule has 68 heavy (non-hydrogen) atoms. The molecule has 0 aliphatic carbocycles. The van der Waals surface area contributed by atoms with Crippen LogP contribution in [0.1, 0.15) is 226 Å². The van der Waals surface area contributed by atoms with E-state index in [0.717, 1.165) is 96.3 Å². The zero-order chi connectivity index (χ0) is 49.4. The van der Waals surface area contributed by atoms with Gasteiger partial charge in [-0.3, -0.25) is 4.79 Å². The van der Waals surface area contributed by atoms with Gasteiger partial charge in [0.25, 0.3) is 0 Å². The SMILES string of the molecule is CC/C=C\C/C=C\C/C=C\C/C=C\C/C=C\C/C=C\C/C=C\CCCCCCCCCC(=O)NC(COC1OC(CO)C(O)C(O)C1O)C(O)CCCCCCCCCCCCCCCCCC. The smallest absolute Gasteiger partial charge is 0.220 e. The summed E-state index contributed by atoms with van der Waals surface area (Å²) in [5.41, 5.74) is 0. The second-order valence-electron chi connectivity index (χ2n) is 19.0. The van der Waals surface area contributed by atoms with Crippen molar-refractivity contribution in [3.8, 4) is 0 Å². The fraction of sp³-hybridized carbons (Fsp3) is 0.746. The van der Waals surface area contributed by atoms with Crippen molar-refractivity contribution >= 4 is 5.91 Å². The molecular formula is C59H103NO8. The Morgan fingerprint density at radius 2 is 0.912 bits per heavy atom. The number of amides is 1. The van der Waals surface area contributed by atoms with E-state index in [9.17, 15) is 30.3 Å². The van der Waals surface area contributed by atoms with Crippen LogP contribution in [0.4, 0.5) is 0 Å². The molecule has 9 nitrogen and oxygen atoms in total. The Morgan fingerprint density at radius 1 is 0.515 bits per heavy atom. The predicted molar refractivity (Wildman–Crippen MR) is 285 cm³/mol. The minimum absolute atomic E-state index is 0.147. The fourth-order valence-electron chi connectivity index (χ4n) is 8.38. The van der Waals surface area contributed by atoms with Gasteiger partial charge in [0, 0.05) is 6.42 Å². The number of allylic oxidation sites excluding steroid dienone is 14. The molecule has 0 aromatic carbocycles. The lowest BCUT2D eigenvalue weighted by Crippen LogP contribution is -2.60. The second-order valence-corrected chi connectivity index (χ2v) is 19.0. The van der Waals surface area contributed by atoms with Crippen molar-refractivity contribution in [2.45, 2.75) is 269 Å². The van der Waals surface area contributed by atoms with Crippen LogP contribution in [0.3, 0.4) is 0 Å². The molecule has 1 fully saturated rings. The maximum atomic E-state index is 13.1. The van der Waals surface area contributed by atoms with Crippen molar-refractivity contribution in [2.24, 2.45) is 0 Å². The fourth-order valence-corrected chi connectivity index (χ4v) is 8.38. The van der Waals surface area contributed by atoms with E-state index in [-0.39, 0.29) is 12.5 Å². The topological polar surface area (TPSA) is 149 Å². The first-order chi connectivity index (χ1) is 33.3. The largest absolute Gasteiger partial charge is 0.394 e. The standard InChI is InChI=1S/C59H103NO8/c1-3-5-7-9-11-13-15-17-19-21-22-23-24-25-26-27-28-29-30-31-32-33-35-37-39-41-43-45-47-49-55(63)60-52(51-67-59-58(66)57(65)56(64)54(50-61)68-59)53(62)48-46-44-42-40-38-36-34-20-18-16-14-12-10-8-6-4-2/h5,7,11,13,17,19,22-23,25-26,28-29,31-32,52-54,56-59,61-62,64-66H,3-4,6,8-10,12,14-16,18,20-21,24,27,30,33-51H2,1-2H3,(H,60,63)/b7-5-,13-11-,19-17-,23-22-,26-25-,29-28-,32-31-. The third-order valence-electron chi connectivity index (χ3n) is 12.8. The van der Waals surface area contributed by atoms with Crippen LogP contribution in [0.15, 0.2) is 85.1 Å². The Labute approximate surface area is 416 Å². The molecule has 1 amide bonds. The summed E-state index contributed by atoms with van der Waals surface area (Å²) in [6.07, 6.45) is 60.2. The molecule has 0 spiro atoms. The van der Waals surface area contributed by atoms with E-state index < -0.39 is 49.5 Å². The third-order valence-corrected chi connectivity index (χ3v) is 12.8. The van der Waals surface area contributed by atoms with E-state index in [2.05, 4.69) is 104 Å². The number of aliphatic hydroxyl groups excluding tert-OH is 5. The number of hydrogen-bond acceptors (Lipinski definition) is 8. The van der Waals surface area contributed by atoms with Gasteiger partial charge in [0.1, 0.15) is 24.4 Å². The summed E-state index contributed by atoms with van der Waals surface area (Å²) in [7, 11) is 0. The van der Waals surface area contributed by atoms with Gasteiger partial charge in [-0.05, 0) is 70.6 Å². The number of aliphatic hydroxyl groups is 5. The van der Waals surface area contributed by atoms with Gasteiger partial charge in [0.15, 0.2) is 6.29 Å². The van der Waals surface area contributed by atoms with Crippen molar-refractivity contribution in [2.75, 3.05) is 13.2 Å². The number of carbonyl (C=O) groups is 1. The minimum Gasteiger partial charge on any atom is -0.394 e. The number of carbonyl (C=O) groups excluding carboxylic acids is 1. The highest BCUT2D eigenvalue weighted by Gasteiger charge is 2.44. The first-order valence-electron chi connectivity index (χ1n) is 27.8. The van der Waals surface area contributed by atoms with Crippen LogP contribution in [0.5, 0.6) is 0 Å². The van der Waals surface area contributed by atoms with Crippen LogP contribution in [-0.4, -0.2) is 87.5 Å². The number of ether oxygens (including phenoxy) is 2. The monoisotopic (exact) mass is 954 g/mol. The van der Waals surface area contributed by atoms with Crippen LogP contribution in [-0.2, 0) is 14.3 Å². The van der Waals surface area contributed by atoms with Gasteiger partial charge in [-0.15, -0.1) is 0 Å². The molecule has 1 heterocycles. The van der Waals surface area contributed by atoms with E-state index >= 15 is 0 Å². The number of unbranched alkanes of at least 4 members (excludes halogenated alkanes) is 22. The molecule has 392 valence electrons. The number of nitrogens with one attached hydrogen (secondary N) is 1. The molecule has 1 rings (SSSR count). The van der Waals surface area contributed by atoms with Gasteiger partial charge in [0.2, 0.25) is 5.91 Å². The van der Waals surface area contributed by atoms with Crippen LogP contribution in [0.25, 0.3) is 0 Å². The van der Waals surface area contributed by atoms with Gasteiger partial charge < -0.3 is 40.3 Å². The minimum atomic E-state index is -1.56. The van der Waals surface area contributed by atoms with Gasteiger partial charge in [0.05, 0.1) is 25.4 Å². The van der Waals surface area contributed by atoms with Crippen molar-refractivity contribution in [3.05, 3.63) is 85.1 Å². The van der Waals surface area contributed by atoms with Gasteiger partial charge in [-0.2, -0.15) is 0 Å². The summed E-state index contributed by atoms with van der Waals surface area (Å²) in [5, 5.41) is 54.6. The quantitative estimate of drug-likeness (QED) is 0.0261. The molecule has 7 atom stereocenters. The molecule has 9 heteroatoms. The molecule has 6 N–H and O–H groups in total. The van der Waals surface area contributed by atoms with E-state index in [1.807, 2.05) is 0 Å². The first kappa shape index (κ1) is 63.4. The van der Waals surface area contributed by atoms with E-state index in [1.54, 1.807) is 0 Å². The summed E-state index contributed by atoms with van der Waals surface area (Å²) in [4.78, 5) is 13.1. The van der Waals surface area contributed by atoms with Crippen molar-refractivity contribution in [3.63, 3.8) is 0 Å². The van der Waals surface area contributed by atoms with Crippen molar-refractivity contribution < 1.29 is 39.8 Å². The highest BCUT2D eigenvalue weighted by atomic mass is 16.7. The lowest BCUT2D eigenvalue weighted by molar-refractivity contribution is -0.302. The molecular weight excluding hydrogens is 851 g/mol. The molecule has 0 bridgehead atoms. The maximum Gasteiger partial charge on any atom is 0.220 e. The Kier molecular flexibility index (Phi) is 44.8. The van der Waals surface area contributed by atoms with Gasteiger partial charge in [-0.1, -0.05) is 234 Å². The lowest BCUT2D eigenvalue weighted by Gasteiger charge is -2.40. The summed E-state index contributed by atoms with van der Waals surface area (Å²) < 4.78 is 11.3. The van der Waals surface area contributed by atoms with E-state index in [1.165, 1.54) is 103 Å². The van der Waals surface area contributed by atoms with Crippen LogP contribution < -0.4 is 5.32 Å². The third kappa shape index (κ3) is 37.2. The van der Waals surface area contributed by atoms with Gasteiger partial charge in [-0.25, -0.2) is 0 Å².